The lowest BCUT2D eigenvalue weighted by Crippen LogP contribution is -2.40. The van der Waals surface area contributed by atoms with Crippen LogP contribution in [-0.4, -0.2) is 55.1 Å². The van der Waals surface area contributed by atoms with Gasteiger partial charge in [-0.15, -0.1) is 0 Å². The Bertz CT molecular complexity index is 856. The van der Waals surface area contributed by atoms with E-state index in [0.717, 1.165) is 0 Å². The predicted molar refractivity (Wildman–Crippen MR) is 92.1 cm³/mol. The molecule has 26 heavy (non-hydrogen) atoms. The summed E-state index contributed by atoms with van der Waals surface area (Å²) in [5.41, 5.74) is -0.807. The van der Waals surface area contributed by atoms with Crippen LogP contribution in [0.25, 0.3) is 0 Å². The van der Waals surface area contributed by atoms with E-state index in [9.17, 15) is 22.8 Å². The number of carbonyl (C=O) groups excluding carboxylic acids is 3. The molecule has 9 heteroatoms. The van der Waals surface area contributed by atoms with Gasteiger partial charge in [-0.05, 0) is 32.9 Å². The molecule has 0 bridgehead atoms. The van der Waals surface area contributed by atoms with Crippen LogP contribution in [0.4, 0.5) is 0 Å². The highest BCUT2D eigenvalue weighted by atomic mass is 32.2. The first-order valence-electron chi connectivity index (χ1n) is 8.16. The highest BCUT2D eigenvalue weighted by molar-refractivity contribution is 7.90. The van der Waals surface area contributed by atoms with Crippen molar-refractivity contribution in [3.63, 3.8) is 0 Å². The number of sulfonamides is 1. The van der Waals surface area contributed by atoms with E-state index in [1.165, 1.54) is 29.2 Å². The Hall–Kier alpha value is -2.68. The van der Waals surface area contributed by atoms with Crippen molar-refractivity contribution in [1.82, 2.24) is 9.21 Å². The number of likely N-dealkylation sites (N-methyl/N-ethyl adjacent to an activating group) is 1. The lowest BCUT2D eigenvalue weighted by atomic mass is 10.2. The molecule has 1 aliphatic heterocycles. The molecule has 1 aromatic carbocycles. The summed E-state index contributed by atoms with van der Waals surface area (Å²) in [7, 11) is -4.44. The molecular formula is C17H20N2O6S. The maximum Gasteiger partial charge on any atom is 0.346 e. The number of carbonyl (C=O) groups is 3. The van der Waals surface area contributed by atoms with Crippen LogP contribution >= 0.6 is 0 Å². The van der Waals surface area contributed by atoms with Crippen molar-refractivity contribution < 1.29 is 27.5 Å². The number of esters is 1. The molecule has 2 amide bonds. The summed E-state index contributed by atoms with van der Waals surface area (Å²) in [6, 6.07) is 7.10. The van der Waals surface area contributed by atoms with Crippen LogP contribution in [-0.2, 0) is 29.1 Å². The number of amides is 2. The zero-order valence-electron chi connectivity index (χ0n) is 14.8. The van der Waals surface area contributed by atoms with Crippen molar-refractivity contribution in [2.45, 2.75) is 25.7 Å². The fraction of sp³-hybridized carbons (Fsp3) is 0.353. The Morgan fingerprint density at radius 2 is 1.62 bits per heavy atom. The monoisotopic (exact) mass is 380 g/mol. The lowest BCUT2D eigenvalue weighted by molar-refractivity contribution is -0.140. The first kappa shape index (κ1) is 19.6. The van der Waals surface area contributed by atoms with Gasteiger partial charge >= 0.3 is 5.97 Å². The maximum atomic E-state index is 12.8. The number of ether oxygens (including phenoxy) is 1. The van der Waals surface area contributed by atoms with Crippen LogP contribution in [0.1, 0.15) is 20.8 Å². The molecule has 0 aromatic heterocycles. The van der Waals surface area contributed by atoms with Gasteiger partial charge in [-0.25, -0.2) is 13.2 Å². The van der Waals surface area contributed by atoms with E-state index in [2.05, 4.69) is 0 Å². The maximum absolute atomic E-state index is 12.8. The molecule has 140 valence electrons. The van der Waals surface area contributed by atoms with Crippen molar-refractivity contribution in [2.24, 2.45) is 0 Å². The molecule has 8 nitrogen and oxygen atoms in total. The quantitative estimate of drug-likeness (QED) is 0.393. The van der Waals surface area contributed by atoms with Crippen LogP contribution in [0, 0.1) is 0 Å². The Morgan fingerprint density at radius 3 is 2.12 bits per heavy atom. The van der Waals surface area contributed by atoms with Gasteiger partial charge in [0, 0.05) is 13.1 Å². The smallest absolute Gasteiger partial charge is 0.346 e. The first-order chi connectivity index (χ1) is 12.3. The molecule has 1 heterocycles. The molecule has 1 aliphatic rings. The second-order valence-electron chi connectivity index (χ2n) is 5.31. The van der Waals surface area contributed by atoms with E-state index >= 15 is 0 Å². The van der Waals surface area contributed by atoms with Crippen molar-refractivity contribution >= 4 is 27.8 Å². The number of hydrogen-bond acceptors (Lipinski definition) is 7. The third kappa shape index (κ3) is 3.22. The van der Waals surface area contributed by atoms with Gasteiger partial charge in [0.05, 0.1) is 11.5 Å². The molecule has 0 saturated heterocycles. The van der Waals surface area contributed by atoms with Crippen LogP contribution in [0.3, 0.4) is 0 Å². The van der Waals surface area contributed by atoms with Gasteiger partial charge in [0.25, 0.3) is 21.8 Å². The van der Waals surface area contributed by atoms with Crippen LogP contribution in [0.15, 0.2) is 46.5 Å². The molecular weight excluding hydrogens is 360 g/mol. The summed E-state index contributed by atoms with van der Waals surface area (Å²) < 4.78 is 30.6. The summed E-state index contributed by atoms with van der Waals surface area (Å²) in [5, 5.41) is 0. The Balaban J connectivity index is 2.60. The zero-order chi connectivity index (χ0) is 19.5. The van der Waals surface area contributed by atoms with E-state index < -0.39 is 33.4 Å². The zero-order valence-corrected chi connectivity index (χ0v) is 15.6. The Morgan fingerprint density at radius 1 is 1.04 bits per heavy atom. The molecule has 1 aromatic rings. The normalized spacial score (nSPS) is 14.8. The lowest BCUT2D eigenvalue weighted by Gasteiger charge is -2.22. The second kappa shape index (κ2) is 7.69. The average Bonchev–Trinajstić information content (AvgIpc) is 2.88. The van der Waals surface area contributed by atoms with Gasteiger partial charge in [-0.3, -0.25) is 9.59 Å². The van der Waals surface area contributed by atoms with E-state index in [1.54, 1.807) is 26.8 Å². The highest BCUT2D eigenvalue weighted by Gasteiger charge is 2.50. The van der Waals surface area contributed by atoms with Crippen LogP contribution in [0.5, 0.6) is 0 Å². The third-order valence-corrected chi connectivity index (χ3v) is 5.54. The molecule has 0 saturated carbocycles. The average molecular weight is 380 g/mol. The standard InChI is InChI=1S/C17H20N2O6S/c1-4-18(5-2)14-13(17(22)25-6-3)15(20)19(16(14)21)26(23,24)12-10-8-7-9-11-12/h7-11H,4-6H2,1-3H3. The molecule has 0 aliphatic carbocycles. The summed E-state index contributed by atoms with van der Waals surface area (Å²) in [6.07, 6.45) is 0. The Labute approximate surface area is 152 Å². The SMILES string of the molecule is CCOC(=O)C1=C(N(CC)CC)C(=O)N(S(=O)(=O)c2ccccc2)C1=O. The van der Waals surface area contributed by atoms with E-state index in [0.29, 0.717) is 13.1 Å². The first-order valence-corrected chi connectivity index (χ1v) is 9.60. The number of benzene rings is 1. The van der Waals surface area contributed by atoms with Crippen LogP contribution < -0.4 is 0 Å². The largest absolute Gasteiger partial charge is 0.462 e. The molecule has 2 rings (SSSR count). The minimum atomic E-state index is -4.44. The van der Waals surface area contributed by atoms with E-state index in [4.69, 9.17) is 4.74 Å². The fourth-order valence-corrected chi connectivity index (χ4v) is 3.96. The van der Waals surface area contributed by atoms with Crippen molar-refractivity contribution in [1.29, 1.82) is 0 Å². The molecule has 0 unspecified atom stereocenters. The molecule has 0 radical (unpaired) electrons. The predicted octanol–water partition coefficient (Wildman–Crippen LogP) is 0.903. The summed E-state index contributed by atoms with van der Waals surface area (Å²) >= 11 is 0. The summed E-state index contributed by atoms with van der Waals surface area (Å²) in [5.74, 6) is -3.26. The summed E-state index contributed by atoms with van der Waals surface area (Å²) in [6.45, 7) is 5.62. The highest BCUT2D eigenvalue weighted by Crippen LogP contribution is 2.30. The molecule has 0 spiro atoms. The number of imide groups is 1. The van der Waals surface area contributed by atoms with Crippen LogP contribution in [0.2, 0.25) is 0 Å². The van der Waals surface area contributed by atoms with E-state index in [1.807, 2.05) is 0 Å². The number of rotatable bonds is 7. The van der Waals surface area contributed by atoms with Gasteiger partial charge < -0.3 is 9.64 Å². The minimum Gasteiger partial charge on any atom is -0.462 e. The van der Waals surface area contributed by atoms with Crippen molar-refractivity contribution in [3.05, 3.63) is 41.6 Å². The second-order valence-corrected chi connectivity index (χ2v) is 7.10. The van der Waals surface area contributed by atoms with Crippen molar-refractivity contribution in [2.75, 3.05) is 19.7 Å². The van der Waals surface area contributed by atoms with Gasteiger partial charge in [0.2, 0.25) is 0 Å². The molecule has 0 atom stereocenters. The number of hydrogen-bond donors (Lipinski definition) is 0. The van der Waals surface area contributed by atoms with Gasteiger partial charge in [0.15, 0.2) is 5.57 Å². The fourth-order valence-electron chi connectivity index (χ4n) is 2.63. The van der Waals surface area contributed by atoms with Gasteiger partial charge in [-0.1, -0.05) is 18.2 Å². The van der Waals surface area contributed by atoms with E-state index in [-0.39, 0.29) is 21.5 Å². The minimum absolute atomic E-state index is 0.0131. The number of nitrogens with zero attached hydrogens (tertiary/aromatic N) is 2. The topological polar surface area (TPSA) is 101 Å². The summed E-state index contributed by atoms with van der Waals surface area (Å²) in [4.78, 5) is 39.1. The third-order valence-electron chi connectivity index (χ3n) is 3.86. The van der Waals surface area contributed by atoms with Gasteiger partial charge in [-0.2, -0.15) is 4.31 Å². The molecule has 0 N–H and O–H groups in total. The van der Waals surface area contributed by atoms with Crippen molar-refractivity contribution in [3.8, 4) is 0 Å². The molecule has 0 fully saturated rings. The van der Waals surface area contributed by atoms with Gasteiger partial charge in [0.1, 0.15) is 5.70 Å². The Kier molecular flexibility index (Phi) is 5.81.